The van der Waals surface area contributed by atoms with Crippen molar-refractivity contribution in [3.05, 3.63) is 12.2 Å². The fourth-order valence-corrected chi connectivity index (χ4v) is 8.25. The molecule has 1 N–H and O–H groups in total. The lowest BCUT2D eigenvalue weighted by molar-refractivity contribution is -0.261. The second-order valence-corrected chi connectivity index (χ2v) is 10.4. The molecule has 0 aromatic carbocycles. The number of methoxy groups -OCH3 is 1. The summed E-state index contributed by atoms with van der Waals surface area (Å²) in [6, 6.07) is 0. The first kappa shape index (κ1) is 19.9. The summed E-state index contributed by atoms with van der Waals surface area (Å²) in [4.78, 5) is 24.9. The van der Waals surface area contributed by atoms with E-state index < -0.39 is 17.6 Å². The molecule has 4 saturated carbocycles. The second kappa shape index (κ2) is 6.32. The summed E-state index contributed by atoms with van der Waals surface area (Å²) in [6.07, 6.45) is 5.05. The molecule has 156 valence electrons. The first-order valence-corrected chi connectivity index (χ1v) is 10.7. The fourth-order valence-electron chi connectivity index (χ4n) is 8.25. The van der Waals surface area contributed by atoms with E-state index >= 15 is 0 Å². The summed E-state index contributed by atoms with van der Waals surface area (Å²) < 4.78 is 11.1. The lowest BCUT2D eigenvalue weighted by Gasteiger charge is -2.66. The normalized spacial score (nSPS) is 49.8. The van der Waals surface area contributed by atoms with Gasteiger partial charge in [-0.2, -0.15) is 0 Å². The number of esters is 2. The molecular formula is C23H34O5. The van der Waals surface area contributed by atoms with E-state index in [-0.39, 0.29) is 28.7 Å². The SMILES string of the molecule is C=C1C[C@]23C[C@H]1CC[C@H]2[C@]1(C)CCC[C@@](C)(C(=O)OC)[C@H]1[C@@H](O)[C@@H]3OC(C)=O. The summed E-state index contributed by atoms with van der Waals surface area (Å²) in [5, 5.41) is 11.7. The molecule has 0 aromatic heterocycles. The highest BCUT2D eigenvalue weighted by Crippen LogP contribution is 2.72. The van der Waals surface area contributed by atoms with E-state index in [0.29, 0.717) is 18.3 Å². The van der Waals surface area contributed by atoms with E-state index in [0.717, 1.165) is 38.5 Å². The molecule has 0 radical (unpaired) electrons. The van der Waals surface area contributed by atoms with Crippen molar-refractivity contribution in [2.75, 3.05) is 7.11 Å². The summed E-state index contributed by atoms with van der Waals surface area (Å²) in [5.74, 6) is -0.151. The molecule has 0 aromatic rings. The highest BCUT2D eigenvalue weighted by Gasteiger charge is 2.72. The van der Waals surface area contributed by atoms with Gasteiger partial charge in [0, 0.05) is 18.3 Å². The molecule has 4 rings (SSSR count). The molecule has 8 atom stereocenters. The third-order valence-electron chi connectivity index (χ3n) is 9.03. The fraction of sp³-hybridized carbons (Fsp3) is 0.826. The average Bonchev–Trinajstić information content (AvgIpc) is 2.87. The van der Waals surface area contributed by atoms with Gasteiger partial charge in [-0.25, -0.2) is 0 Å². The minimum absolute atomic E-state index is 0.188. The van der Waals surface area contributed by atoms with Crippen LogP contribution in [0.3, 0.4) is 0 Å². The Hall–Kier alpha value is -1.36. The third kappa shape index (κ3) is 2.41. The number of carbonyl (C=O) groups excluding carboxylic acids is 2. The first-order valence-electron chi connectivity index (χ1n) is 10.7. The Morgan fingerprint density at radius 3 is 2.57 bits per heavy atom. The lowest BCUT2D eigenvalue weighted by Crippen LogP contribution is -2.69. The van der Waals surface area contributed by atoms with E-state index in [4.69, 9.17) is 9.47 Å². The van der Waals surface area contributed by atoms with Gasteiger partial charge in [0.25, 0.3) is 0 Å². The predicted molar refractivity (Wildman–Crippen MR) is 104 cm³/mol. The van der Waals surface area contributed by atoms with Gasteiger partial charge >= 0.3 is 11.9 Å². The minimum Gasteiger partial charge on any atom is -0.469 e. The number of allylic oxidation sites excluding steroid dienone is 1. The Kier molecular flexibility index (Phi) is 4.50. The van der Waals surface area contributed by atoms with Gasteiger partial charge in [-0.05, 0) is 62.7 Å². The van der Waals surface area contributed by atoms with Crippen LogP contribution >= 0.6 is 0 Å². The lowest BCUT2D eigenvalue weighted by atomic mass is 9.39. The summed E-state index contributed by atoms with van der Waals surface area (Å²) >= 11 is 0. The number of ether oxygens (including phenoxy) is 2. The zero-order valence-corrected chi connectivity index (χ0v) is 17.6. The van der Waals surface area contributed by atoms with Crippen LogP contribution in [0.15, 0.2) is 12.2 Å². The smallest absolute Gasteiger partial charge is 0.311 e. The number of hydrogen-bond donors (Lipinski definition) is 1. The monoisotopic (exact) mass is 390 g/mol. The highest BCUT2D eigenvalue weighted by atomic mass is 16.6. The van der Waals surface area contributed by atoms with Crippen LogP contribution in [-0.2, 0) is 19.1 Å². The largest absolute Gasteiger partial charge is 0.469 e. The number of aliphatic hydroxyl groups is 1. The molecule has 0 heterocycles. The van der Waals surface area contributed by atoms with Crippen molar-refractivity contribution < 1.29 is 24.2 Å². The maximum Gasteiger partial charge on any atom is 0.311 e. The Balaban J connectivity index is 1.87. The molecule has 2 bridgehead atoms. The molecule has 1 spiro atoms. The quantitative estimate of drug-likeness (QED) is 0.576. The molecule has 5 nitrogen and oxygen atoms in total. The Morgan fingerprint density at radius 2 is 1.93 bits per heavy atom. The molecular weight excluding hydrogens is 356 g/mol. The van der Waals surface area contributed by atoms with Crippen molar-refractivity contribution in [1.29, 1.82) is 0 Å². The highest BCUT2D eigenvalue weighted by molar-refractivity contribution is 5.77. The Labute approximate surface area is 167 Å². The van der Waals surface area contributed by atoms with Crippen LogP contribution in [0.4, 0.5) is 0 Å². The Bertz CT molecular complexity index is 716. The zero-order chi connectivity index (χ0) is 20.5. The maximum atomic E-state index is 12.9. The van der Waals surface area contributed by atoms with Gasteiger partial charge in [0.1, 0.15) is 6.10 Å². The molecule has 4 fully saturated rings. The van der Waals surface area contributed by atoms with Crippen LogP contribution in [0.5, 0.6) is 0 Å². The van der Waals surface area contributed by atoms with E-state index in [1.807, 2.05) is 6.92 Å². The average molecular weight is 391 g/mol. The van der Waals surface area contributed by atoms with Gasteiger partial charge in [0.2, 0.25) is 0 Å². The van der Waals surface area contributed by atoms with Gasteiger partial charge in [0.05, 0.1) is 18.6 Å². The van der Waals surface area contributed by atoms with Gasteiger partial charge in [-0.1, -0.05) is 25.5 Å². The van der Waals surface area contributed by atoms with E-state index in [2.05, 4.69) is 13.5 Å². The number of aliphatic hydroxyl groups excluding tert-OH is 1. The van der Waals surface area contributed by atoms with Crippen LogP contribution in [0, 0.1) is 34.0 Å². The molecule has 4 aliphatic carbocycles. The summed E-state index contributed by atoms with van der Waals surface area (Å²) in [6.45, 7) is 9.93. The standard InChI is InChI=1S/C23H34O5/c1-13-11-23-12-15(13)7-8-16(23)21(3)9-6-10-22(4,20(26)27-5)18(21)17(25)19(23)28-14(2)24/h15-19,25H,1,6-12H2,2-5H3/t15-,16+,17-,18+,19+,21+,22-,23+/m1/s1. The topological polar surface area (TPSA) is 72.8 Å². The Morgan fingerprint density at radius 1 is 1.21 bits per heavy atom. The number of rotatable bonds is 2. The van der Waals surface area contributed by atoms with Gasteiger partial charge < -0.3 is 14.6 Å². The first-order chi connectivity index (χ1) is 13.1. The molecule has 0 amide bonds. The minimum atomic E-state index is -0.876. The van der Waals surface area contributed by atoms with Crippen molar-refractivity contribution in [3.63, 3.8) is 0 Å². The molecule has 0 aliphatic heterocycles. The van der Waals surface area contributed by atoms with E-state index in [9.17, 15) is 14.7 Å². The van der Waals surface area contributed by atoms with Crippen molar-refractivity contribution >= 4 is 11.9 Å². The van der Waals surface area contributed by atoms with Gasteiger partial charge in [-0.15, -0.1) is 0 Å². The maximum absolute atomic E-state index is 12.9. The number of fused-ring (bicyclic) bond motifs is 3. The van der Waals surface area contributed by atoms with Crippen LogP contribution in [0.2, 0.25) is 0 Å². The zero-order valence-electron chi connectivity index (χ0n) is 17.6. The van der Waals surface area contributed by atoms with Crippen LogP contribution in [-0.4, -0.2) is 36.4 Å². The summed E-state index contributed by atoms with van der Waals surface area (Å²) in [5.41, 5.74) is 0.0194. The van der Waals surface area contributed by atoms with Crippen molar-refractivity contribution in [2.24, 2.45) is 34.0 Å². The van der Waals surface area contributed by atoms with Crippen molar-refractivity contribution in [2.45, 2.75) is 77.9 Å². The molecule has 4 aliphatic rings. The van der Waals surface area contributed by atoms with Gasteiger partial charge in [0.15, 0.2) is 0 Å². The van der Waals surface area contributed by atoms with Gasteiger partial charge in [-0.3, -0.25) is 9.59 Å². The second-order valence-electron chi connectivity index (χ2n) is 10.4. The van der Waals surface area contributed by atoms with Crippen molar-refractivity contribution in [1.82, 2.24) is 0 Å². The summed E-state index contributed by atoms with van der Waals surface area (Å²) in [7, 11) is 1.42. The number of hydrogen-bond acceptors (Lipinski definition) is 5. The van der Waals surface area contributed by atoms with Crippen LogP contribution in [0.1, 0.15) is 65.7 Å². The molecule has 5 heteroatoms. The third-order valence-corrected chi connectivity index (χ3v) is 9.03. The number of carbonyl (C=O) groups is 2. The van der Waals surface area contributed by atoms with Crippen molar-refractivity contribution in [3.8, 4) is 0 Å². The van der Waals surface area contributed by atoms with Crippen LogP contribution in [0.25, 0.3) is 0 Å². The predicted octanol–water partition coefficient (Wildman–Crippen LogP) is 3.64. The van der Waals surface area contributed by atoms with Crippen LogP contribution < -0.4 is 0 Å². The van der Waals surface area contributed by atoms with E-state index in [1.54, 1.807) is 0 Å². The molecule has 0 saturated heterocycles. The van der Waals surface area contributed by atoms with E-state index in [1.165, 1.54) is 19.6 Å². The molecule has 0 unspecified atom stereocenters. The molecule has 28 heavy (non-hydrogen) atoms.